The van der Waals surface area contributed by atoms with Crippen molar-refractivity contribution in [1.29, 1.82) is 0 Å². The van der Waals surface area contributed by atoms with Crippen LogP contribution in [0.15, 0.2) is 35.2 Å². The van der Waals surface area contributed by atoms with Gasteiger partial charge in [-0.2, -0.15) is 0 Å². The minimum absolute atomic E-state index is 0.109. The summed E-state index contributed by atoms with van der Waals surface area (Å²) in [6, 6.07) is 9.82. The van der Waals surface area contributed by atoms with Crippen molar-refractivity contribution >= 4 is 17.1 Å². The molecule has 0 saturated heterocycles. The topological polar surface area (TPSA) is 41.1 Å². The Morgan fingerprint density at radius 2 is 2.00 bits per heavy atom. The predicted octanol–water partition coefficient (Wildman–Crippen LogP) is 1.53. The predicted molar refractivity (Wildman–Crippen MR) is 60.2 cm³/mol. The van der Waals surface area contributed by atoms with Crippen molar-refractivity contribution in [3.8, 4) is 0 Å². The van der Waals surface area contributed by atoms with Crippen LogP contribution in [0.5, 0.6) is 0 Å². The second kappa shape index (κ2) is 5.54. The molecular formula is C10H15N2OS+. The molecule has 1 aromatic carbocycles. The highest BCUT2D eigenvalue weighted by molar-refractivity contribution is 7.94. The van der Waals surface area contributed by atoms with E-state index in [9.17, 15) is 4.79 Å². The number of benzene rings is 1. The van der Waals surface area contributed by atoms with E-state index in [4.69, 9.17) is 0 Å². The van der Waals surface area contributed by atoms with Crippen LogP contribution in [0, 0.1) is 0 Å². The molecule has 0 heterocycles. The maximum Gasteiger partial charge on any atom is 0.356 e. The molecule has 0 radical (unpaired) electrons. The molecule has 0 bridgehead atoms. The molecule has 0 saturated carbocycles. The number of nitrogens with one attached hydrogen (secondary N) is 2. The van der Waals surface area contributed by atoms with Crippen molar-refractivity contribution in [3.63, 3.8) is 0 Å². The first-order valence-corrected chi connectivity index (χ1v) is 6.12. The zero-order chi connectivity index (χ0) is 10.4. The first-order valence-electron chi connectivity index (χ1n) is 4.49. The van der Waals surface area contributed by atoms with Crippen LogP contribution in [-0.2, 0) is 11.1 Å². The van der Waals surface area contributed by atoms with Gasteiger partial charge in [0, 0.05) is 6.54 Å². The van der Waals surface area contributed by atoms with E-state index in [1.165, 1.54) is 0 Å². The number of rotatable bonds is 3. The van der Waals surface area contributed by atoms with Gasteiger partial charge < -0.3 is 5.32 Å². The number of carbonyl (C=O) groups excluding carboxylic acids is 1. The van der Waals surface area contributed by atoms with E-state index >= 15 is 0 Å². The molecule has 0 spiro atoms. The smallest absolute Gasteiger partial charge is 0.335 e. The van der Waals surface area contributed by atoms with Crippen molar-refractivity contribution in [2.75, 3.05) is 12.8 Å². The summed E-state index contributed by atoms with van der Waals surface area (Å²) in [4.78, 5) is 12.3. The SMILES string of the molecule is CCNC(=O)N[S+](C)c1ccccc1. The fraction of sp³-hybridized carbons (Fsp3) is 0.300. The van der Waals surface area contributed by atoms with Crippen molar-refractivity contribution < 1.29 is 4.79 Å². The molecule has 2 N–H and O–H groups in total. The standard InChI is InChI=1S/C10H14N2OS/c1-3-11-10(13)12-14(2)9-7-5-4-6-8-9/h4-8H,3H2,1-2H3,(H-,11,12,13)/p+1. The summed E-state index contributed by atoms with van der Waals surface area (Å²) in [7, 11) is 0. The maximum absolute atomic E-state index is 11.2. The molecule has 0 aliphatic rings. The molecule has 0 aromatic heterocycles. The molecular weight excluding hydrogens is 196 g/mol. The molecule has 1 unspecified atom stereocenters. The third kappa shape index (κ3) is 3.30. The molecule has 1 rings (SSSR count). The van der Waals surface area contributed by atoms with Gasteiger partial charge >= 0.3 is 6.03 Å². The zero-order valence-electron chi connectivity index (χ0n) is 8.41. The summed E-state index contributed by atoms with van der Waals surface area (Å²) < 4.78 is 2.87. The lowest BCUT2D eigenvalue weighted by molar-refractivity contribution is 0.247. The van der Waals surface area contributed by atoms with E-state index in [-0.39, 0.29) is 17.1 Å². The van der Waals surface area contributed by atoms with Crippen molar-refractivity contribution in [2.45, 2.75) is 11.8 Å². The van der Waals surface area contributed by atoms with E-state index < -0.39 is 0 Å². The van der Waals surface area contributed by atoms with Crippen molar-refractivity contribution in [3.05, 3.63) is 30.3 Å². The summed E-state index contributed by atoms with van der Waals surface area (Å²) in [5.74, 6) is 0. The quantitative estimate of drug-likeness (QED) is 0.731. The van der Waals surface area contributed by atoms with Crippen molar-refractivity contribution in [1.82, 2.24) is 10.0 Å². The minimum atomic E-state index is -0.227. The second-order valence-electron chi connectivity index (χ2n) is 2.78. The van der Waals surface area contributed by atoms with Crippen LogP contribution in [0.2, 0.25) is 0 Å². The lowest BCUT2D eigenvalue weighted by Gasteiger charge is -2.04. The molecule has 2 amide bonds. The Labute approximate surface area is 87.4 Å². The Morgan fingerprint density at radius 3 is 2.57 bits per heavy atom. The molecule has 3 nitrogen and oxygen atoms in total. The second-order valence-corrected chi connectivity index (χ2v) is 4.48. The fourth-order valence-electron chi connectivity index (χ4n) is 1.02. The summed E-state index contributed by atoms with van der Waals surface area (Å²) in [6.07, 6.45) is 1.99. The number of amides is 2. The lowest BCUT2D eigenvalue weighted by Crippen LogP contribution is -2.38. The van der Waals surface area contributed by atoms with Crippen LogP contribution in [0.1, 0.15) is 6.92 Å². The van der Waals surface area contributed by atoms with Gasteiger partial charge in [0.25, 0.3) is 0 Å². The van der Waals surface area contributed by atoms with Gasteiger partial charge in [-0.05, 0) is 19.1 Å². The van der Waals surface area contributed by atoms with Crippen LogP contribution in [0.25, 0.3) is 0 Å². The summed E-state index contributed by atoms with van der Waals surface area (Å²) in [5.41, 5.74) is 0. The Bertz CT molecular complexity index is 289. The first kappa shape index (κ1) is 10.9. The van der Waals surface area contributed by atoms with Gasteiger partial charge in [0.2, 0.25) is 0 Å². The third-order valence-corrected chi connectivity index (χ3v) is 3.15. The van der Waals surface area contributed by atoms with Crippen LogP contribution in [0.3, 0.4) is 0 Å². The molecule has 1 atom stereocenters. The minimum Gasteiger partial charge on any atom is -0.335 e. The normalized spacial score (nSPS) is 11.9. The average Bonchev–Trinajstić information content (AvgIpc) is 2.19. The lowest BCUT2D eigenvalue weighted by atomic mass is 10.4. The number of urea groups is 1. The first-order chi connectivity index (χ1) is 6.74. The highest BCUT2D eigenvalue weighted by Crippen LogP contribution is 2.06. The summed E-state index contributed by atoms with van der Waals surface area (Å²) in [5, 5.41) is 2.70. The van der Waals surface area contributed by atoms with Crippen LogP contribution in [0.4, 0.5) is 4.79 Å². The molecule has 4 heteroatoms. The van der Waals surface area contributed by atoms with Gasteiger partial charge in [0.15, 0.2) is 4.90 Å². The molecule has 0 aliphatic heterocycles. The average molecular weight is 211 g/mol. The van der Waals surface area contributed by atoms with Gasteiger partial charge in [-0.15, -0.1) is 4.72 Å². The highest BCUT2D eigenvalue weighted by atomic mass is 32.2. The number of carbonyl (C=O) groups is 1. The van der Waals surface area contributed by atoms with Gasteiger partial charge in [0.1, 0.15) is 17.3 Å². The molecule has 0 fully saturated rings. The molecule has 1 aromatic rings. The summed E-state index contributed by atoms with van der Waals surface area (Å²) in [6.45, 7) is 2.55. The molecule has 14 heavy (non-hydrogen) atoms. The third-order valence-electron chi connectivity index (χ3n) is 1.68. The van der Waals surface area contributed by atoms with E-state index in [1.54, 1.807) is 0 Å². The molecule has 0 aliphatic carbocycles. The monoisotopic (exact) mass is 211 g/mol. The Morgan fingerprint density at radius 1 is 1.36 bits per heavy atom. The maximum atomic E-state index is 11.2. The summed E-state index contributed by atoms with van der Waals surface area (Å²) >= 11 is -0.227. The Kier molecular flexibility index (Phi) is 4.32. The molecule has 76 valence electrons. The van der Waals surface area contributed by atoms with E-state index in [0.29, 0.717) is 6.54 Å². The highest BCUT2D eigenvalue weighted by Gasteiger charge is 2.17. The van der Waals surface area contributed by atoms with Gasteiger partial charge in [-0.3, -0.25) is 0 Å². The van der Waals surface area contributed by atoms with E-state index in [2.05, 4.69) is 10.0 Å². The number of hydrogen-bond acceptors (Lipinski definition) is 1. The number of hydrogen-bond donors (Lipinski definition) is 2. The van der Waals surface area contributed by atoms with Gasteiger partial charge in [-0.1, -0.05) is 18.2 Å². The van der Waals surface area contributed by atoms with Gasteiger partial charge in [0.05, 0.1) is 0 Å². The van der Waals surface area contributed by atoms with Crippen molar-refractivity contribution in [2.24, 2.45) is 0 Å². The largest absolute Gasteiger partial charge is 0.356 e. The zero-order valence-corrected chi connectivity index (χ0v) is 9.23. The fourth-order valence-corrected chi connectivity index (χ4v) is 2.05. The Balaban J connectivity index is 2.50. The Hall–Kier alpha value is -1.16. The van der Waals surface area contributed by atoms with E-state index in [0.717, 1.165) is 4.90 Å². The van der Waals surface area contributed by atoms with E-state index in [1.807, 2.05) is 43.5 Å². The van der Waals surface area contributed by atoms with Crippen LogP contribution in [-0.4, -0.2) is 18.8 Å². The van der Waals surface area contributed by atoms with Crippen LogP contribution >= 0.6 is 0 Å². The van der Waals surface area contributed by atoms with Gasteiger partial charge in [-0.25, -0.2) is 4.79 Å². The van der Waals surface area contributed by atoms with Crippen LogP contribution < -0.4 is 10.0 Å².